The molecule has 1 atom stereocenters. The number of methoxy groups -OCH3 is 1. The zero-order valence-corrected chi connectivity index (χ0v) is 22.6. The van der Waals surface area contributed by atoms with Crippen molar-refractivity contribution in [2.24, 2.45) is 5.92 Å². The summed E-state index contributed by atoms with van der Waals surface area (Å²) in [5, 5.41) is 3.52. The number of fused-ring (bicyclic) bond motifs is 1. The molecule has 5 rings (SSSR count). The van der Waals surface area contributed by atoms with Crippen molar-refractivity contribution in [3.8, 4) is 23.0 Å². The predicted octanol–water partition coefficient (Wildman–Crippen LogP) is 4.42. The van der Waals surface area contributed by atoms with Gasteiger partial charge in [-0.15, -0.1) is 0 Å². The van der Waals surface area contributed by atoms with Gasteiger partial charge < -0.3 is 28.6 Å². The maximum atomic E-state index is 12.8. The van der Waals surface area contributed by atoms with Crippen LogP contribution in [0.2, 0.25) is 0 Å². The zero-order chi connectivity index (χ0) is 26.5. The predicted molar refractivity (Wildman–Crippen MR) is 146 cm³/mol. The smallest absolute Gasteiger partial charge is 0.339 e. The Morgan fingerprint density at radius 3 is 2.45 bits per heavy atom. The van der Waals surface area contributed by atoms with Crippen LogP contribution in [-0.4, -0.2) is 54.4 Å². The van der Waals surface area contributed by atoms with E-state index >= 15 is 0 Å². The second-order valence-electron chi connectivity index (χ2n) is 9.75. The van der Waals surface area contributed by atoms with Crippen LogP contribution in [0, 0.1) is 12.8 Å². The Kier molecular flexibility index (Phi) is 7.95. The first-order chi connectivity index (χ1) is 18.4. The zero-order valence-electron chi connectivity index (χ0n) is 21.8. The number of hydrogen-bond acceptors (Lipinski definition) is 8. The molecule has 1 unspecified atom stereocenters. The van der Waals surface area contributed by atoms with Gasteiger partial charge in [0.05, 0.1) is 12.8 Å². The highest BCUT2D eigenvalue weighted by Gasteiger charge is 2.28. The van der Waals surface area contributed by atoms with Gasteiger partial charge >= 0.3 is 10.1 Å². The van der Waals surface area contributed by atoms with Crippen LogP contribution in [0.15, 0.2) is 71.6 Å². The van der Waals surface area contributed by atoms with Gasteiger partial charge in [0.2, 0.25) is 5.75 Å². The number of piperidine rings is 1. The number of nitrogens with zero attached hydrogens (tertiary/aromatic N) is 1. The number of hydrogen-bond donors (Lipinski definition) is 1. The van der Waals surface area contributed by atoms with Crippen molar-refractivity contribution in [1.82, 2.24) is 5.32 Å². The minimum Gasteiger partial charge on any atom is -0.495 e. The van der Waals surface area contributed by atoms with E-state index in [2.05, 4.69) is 16.3 Å². The minimum atomic E-state index is -4.00. The number of benzene rings is 3. The number of aryl methyl sites for hydroxylation is 1. The fourth-order valence-electron chi connectivity index (χ4n) is 4.86. The third kappa shape index (κ3) is 6.00. The van der Waals surface area contributed by atoms with Gasteiger partial charge in [-0.3, -0.25) is 0 Å². The molecule has 1 fully saturated rings. The van der Waals surface area contributed by atoms with Crippen LogP contribution in [0.3, 0.4) is 0 Å². The lowest BCUT2D eigenvalue weighted by molar-refractivity contribution is 0.0870. The first-order valence-corrected chi connectivity index (χ1v) is 14.4. The van der Waals surface area contributed by atoms with Gasteiger partial charge in [-0.2, -0.15) is 8.42 Å². The molecule has 2 heterocycles. The number of ether oxygens (including phenoxy) is 3. The third-order valence-corrected chi connectivity index (χ3v) is 8.26. The minimum absolute atomic E-state index is 0.0902. The quantitative estimate of drug-likeness (QED) is 0.401. The van der Waals surface area contributed by atoms with Gasteiger partial charge in [-0.25, -0.2) is 0 Å². The van der Waals surface area contributed by atoms with Crippen LogP contribution in [-0.2, 0) is 10.1 Å². The van der Waals surface area contributed by atoms with Crippen LogP contribution in [0.4, 0.5) is 5.69 Å². The lowest BCUT2D eigenvalue weighted by Crippen LogP contribution is -2.42. The largest absolute Gasteiger partial charge is 0.495 e. The molecule has 0 aliphatic carbocycles. The van der Waals surface area contributed by atoms with E-state index < -0.39 is 10.1 Å². The van der Waals surface area contributed by atoms with Crippen LogP contribution in [0.1, 0.15) is 18.4 Å². The second kappa shape index (κ2) is 11.5. The Bertz CT molecular complexity index is 1340. The molecule has 8 nitrogen and oxygen atoms in total. The normalized spacial score (nSPS) is 17.7. The Labute approximate surface area is 224 Å². The van der Waals surface area contributed by atoms with Crippen molar-refractivity contribution in [1.29, 1.82) is 0 Å². The van der Waals surface area contributed by atoms with Gasteiger partial charge in [0.15, 0.2) is 11.5 Å². The molecule has 0 aromatic heterocycles. The molecule has 2 aliphatic rings. The van der Waals surface area contributed by atoms with Gasteiger partial charge in [-0.1, -0.05) is 35.9 Å². The van der Waals surface area contributed by atoms with E-state index in [1.54, 1.807) is 37.4 Å². The van der Waals surface area contributed by atoms with Crippen molar-refractivity contribution in [3.05, 3.63) is 72.3 Å². The first kappa shape index (κ1) is 26.2. The standard InChI is InChI=1S/C29H34N2O6S/c1-21-10-12-24(13-11-21)38(32,33)37-28-9-5-8-27-29(28)36-23(20-35-27)19-30-18-22-14-16-31(17-15-22)25-6-3-4-7-26(25)34-2/h3-13,22-23,30H,14-20H2,1-2H3. The molecule has 202 valence electrons. The molecule has 3 aromatic rings. The molecule has 1 N–H and O–H groups in total. The highest BCUT2D eigenvalue weighted by atomic mass is 32.2. The van der Waals surface area contributed by atoms with E-state index in [1.807, 2.05) is 25.1 Å². The summed E-state index contributed by atoms with van der Waals surface area (Å²) in [6, 6.07) is 19.7. The summed E-state index contributed by atoms with van der Waals surface area (Å²) in [6.07, 6.45) is 1.92. The maximum Gasteiger partial charge on any atom is 0.339 e. The number of nitrogens with one attached hydrogen (secondary N) is 1. The van der Waals surface area contributed by atoms with E-state index in [9.17, 15) is 8.42 Å². The van der Waals surface area contributed by atoms with E-state index in [0.29, 0.717) is 30.6 Å². The first-order valence-electron chi connectivity index (χ1n) is 13.0. The molecule has 0 spiro atoms. The van der Waals surface area contributed by atoms with Gasteiger partial charge in [0, 0.05) is 19.6 Å². The average molecular weight is 539 g/mol. The van der Waals surface area contributed by atoms with E-state index in [4.69, 9.17) is 18.4 Å². The monoisotopic (exact) mass is 538 g/mol. The summed E-state index contributed by atoms with van der Waals surface area (Å²) in [5.74, 6) is 2.38. The van der Waals surface area contributed by atoms with Gasteiger partial charge in [0.1, 0.15) is 23.4 Å². The third-order valence-electron chi connectivity index (χ3n) is 7.01. The summed E-state index contributed by atoms with van der Waals surface area (Å²) in [5.41, 5.74) is 2.12. The number of rotatable bonds is 9. The Balaban J connectivity index is 1.14. The summed E-state index contributed by atoms with van der Waals surface area (Å²) in [4.78, 5) is 2.48. The summed E-state index contributed by atoms with van der Waals surface area (Å²) in [7, 11) is -2.29. The van der Waals surface area contributed by atoms with Crippen LogP contribution in [0.5, 0.6) is 23.0 Å². The average Bonchev–Trinajstić information content (AvgIpc) is 2.94. The Morgan fingerprint density at radius 1 is 0.947 bits per heavy atom. The molecule has 9 heteroatoms. The van der Waals surface area contributed by atoms with E-state index in [-0.39, 0.29) is 16.7 Å². The lowest BCUT2D eigenvalue weighted by atomic mass is 9.96. The van der Waals surface area contributed by atoms with E-state index in [0.717, 1.165) is 49.5 Å². The fraction of sp³-hybridized carbons (Fsp3) is 0.379. The van der Waals surface area contributed by atoms with Crippen molar-refractivity contribution < 1.29 is 26.8 Å². The molecule has 3 aromatic carbocycles. The van der Waals surface area contributed by atoms with Gasteiger partial charge in [0.25, 0.3) is 0 Å². The van der Waals surface area contributed by atoms with Crippen LogP contribution < -0.4 is 28.6 Å². The Morgan fingerprint density at radius 2 is 1.68 bits per heavy atom. The molecule has 2 aliphatic heterocycles. The summed E-state index contributed by atoms with van der Waals surface area (Å²) < 4.78 is 48.7. The van der Waals surface area contributed by atoms with Crippen molar-refractivity contribution in [2.75, 3.05) is 44.8 Å². The molecule has 1 saturated heterocycles. The number of anilines is 1. The molecule has 0 bridgehead atoms. The second-order valence-corrected chi connectivity index (χ2v) is 11.3. The molecular weight excluding hydrogens is 504 g/mol. The highest BCUT2D eigenvalue weighted by Crippen LogP contribution is 2.41. The summed E-state index contributed by atoms with van der Waals surface area (Å²) >= 11 is 0. The highest BCUT2D eigenvalue weighted by molar-refractivity contribution is 7.87. The van der Waals surface area contributed by atoms with Crippen LogP contribution in [0.25, 0.3) is 0 Å². The number of para-hydroxylation sites is 3. The molecule has 38 heavy (non-hydrogen) atoms. The molecule has 0 saturated carbocycles. The topological polar surface area (TPSA) is 86.3 Å². The fourth-order valence-corrected chi connectivity index (χ4v) is 5.80. The van der Waals surface area contributed by atoms with Gasteiger partial charge in [-0.05, 0) is 68.6 Å². The van der Waals surface area contributed by atoms with Crippen molar-refractivity contribution in [3.63, 3.8) is 0 Å². The lowest BCUT2D eigenvalue weighted by Gasteiger charge is -2.34. The van der Waals surface area contributed by atoms with Crippen molar-refractivity contribution in [2.45, 2.75) is 30.8 Å². The Hall–Kier alpha value is -3.43. The molecule has 0 amide bonds. The maximum absolute atomic E-state index is 12.8. The molecule has 0 radical (unpaired) electrons. The molecular formula is C29H34N2O6S. The van der Waals surface area contributed by atoms with Crippen molar-refractivity contribution >= 4 is 15.8 Å². The van der Waals surface area contributed by atoms with Crippen LogP contribution >= 0.6 is 0 Å². The summed E-state index contributed by atoms with van der Waals surface area (Å²) in [6.45, 7) is 5.71. The SMILES string of the molecule is COc1ccccc1N1CCC(CNCC2COc3cccc(OS(=O)(=O)c4ccc(C)cc4)c3O2)CC1. The van der Waals surface area contributed by atoms with E-state index in [1.165, 1.54) is 12.1 Å².